The number of ether oxygens (including phenoxy) is 1. The maximum Gasteiger partial charge on any atom is 0.247 e. The quantitative estimate of drug-likeness (QED) is 0.731. The van der Waals surface area contributed by atoms with Crippen LogP contribution in [0.2, 0.25) is 0 Å². The molecule has 2 N–H and O–H groups in total. The lowest BCUT2D eigenvalue weighted by Crippen LogP contribution is -2.49. The molecule has 0 unspecified atom stereocenters. The fraction of sp³-hybridized carbons (Fsp3) is 0.636. The van der Waals surface area contributed by atoms with Gasteiger partial charge >= 0.3 is 0 Å². The Morgan fingerprint density at radius 3 is 2.72 bits per heavy atom. The van der Waals surface area contributed by atoms with Crippen molar-refractivity contribution in [3.63, 3.8) is 0 Å². The van der Waals surface area contributed by atoms with Gasteiger partial charge in [-0.3, -0.25) is 0 Å². The molecule has 1 aliphatic heterocycles. The number of hydrogen-bond donors (Lipinski definition) is 2. The van der Waals surface area contributed by atoms with Gasteiger partial charge in [-0.1, -0.05) is 31.6 Å². The lowest BCUT2D eigenvalue weighted by molar-refractivity contribution is 0.103. The van der Waals surface area contributed by atoms with Crippen molar-refractivity contribution in [3.8, 4) is 17.6 Å². The molecule has 3 rings (SSSR count). The van der Waals surface area contributed by atoms with Crippen molar-refractivity contribution in [3.05, 3.63) is 23.8 Å². The lowest BCUT2D eigenvalue weighted by atomic mass is 10.0. The van der Waals surface area contributed by atoms with Gasteiger partial charge in [0.2, 0.25) is 10.0 Å². The molecular weight excluding hydrogens is 388 g/mol. The molecule has 1 aromatic carbocycles. The number of likely N-dealkylation sites (N-methyl/N-ethyl adjacent to an activating group) is 1. The fourth-order valence-corrected chi connectivity index (χ4v) is 5.83. The molecule has 1 saturated carbocycles. The number of sulfonamides is 1. The minimum absolute atomic E-state index is 0.0485. The van der Waals surface area contributed by atoms with Crippen LogP contribution in [0.3, 0.4) is 0 Å². The maximum absolute atomic E-state index is 13.3. The second kappa shape index (κ2) is 9.48. The Balaban J connectivity index is 2.03. The summed E-state index contributed by atoms with van der Waals surface area (Å²) in [5, 5.41) is 12.8. The molecule has 0 saturated heterocycles. The molecule has 160 valence electrons. The standard InChI is InChI=1S/C22H32N2O4S/c1-16-14-24(17(2)15-25)29(26,27)22-11-10-19(9-8-18-6-4-5-7-18)12-20(22)28-21(16)13-23-3/h10-12,16-18,21,23,25H,4-7,13-15H2,1-3H3/t16-,17+,21+/m1/s1. The molecule has 1 heterocycles. The smallest absolute Gasteiger partial charge is 0.247 e. The molecule has 0 aromatic heterocycles. The summed E-state index contributed by atoms with van der Waals surface area (Å²) < 4.78 is 34.3. The molecule has 6 nitrogen and oxygen atoms in total. The van der Waals surface area contributed by atoms with Crippen molar-refractivity contribution in [2.24, 2.45) is 11.8 Å². The van der Waals surface area contributed by atoms with Crippen molar-refractivity contribution < 1.29 is 18.3 Å². The largest absolute Gasteiger partial charge is 0.487 e. The molecule has 0 radical (unpaired) electrons. The zero-order chi connectivity index (χ0) is 21.0. The Kier molecular flexibility index (Phi) is 7.23. The molecule has 0 bridgehead atoms. The first-order chi connectivity index (χ1) is 13.9. The van der Waals surface area contributed by atoms with E-state index in [0.29, 0.717) is 24.8 Å². The van der Waals surface area contributed by atoms with Crippen molar-refractivity contribution in [2.75, 3.05) is 26.7 Å². The van der Waals surface area contributed by atoms with E-state index in [0.717, 1.165) is 18.4 Å². The summed E-state index contributed by atoms with van der Waals surface area (Å²) in [4.78, 5) is 0.136. The first kappa shape index (κ1) is 22.1. The number of fused-ring (bicyclic) bond motifs is 1. The summed E-state index contributed by atoms with van der Waals surface area (Å²) in [6.07, 6.45) is 4.54. The van der Waals surface area contributed by atoms with Crippen molar-refractivity contribution in [1.82, 2.24) is 9.62 Å². The third kappa shape index (κ3) is 4.95. The Hall–Kier alpha value is -1.59. The molecular formula is C22H32N2O4S. The molecule has 7 heteroatoms. The van der Waals surface area contributed by atoms with Crippen LogP contribution in [-0.2, 0) is 10.0 Å². The van der Waals surface area contributed by atoms with Gasteiger partial charge in [0, 0.05) is 36.5 Å². The predicted octanol–water partition coefficient (Wildman–Crippen LogP) is 2.22. The van der Waals surface area contributed by atoms with E-state index in [1.807, 2.05) is 14.0 Å². The van der Waals surface area contributed by atoms with Gasteiger partial charge in [0.15, 0.2) is 0 Å². The second-order valence-electron chi connectivity index (χ2n) is 8.21. The van der Waals surface area contributed by atoms with Gasteiger partial charge in [-0.05, 0) is 45.0 Å². The van der Waals surface area contributed by atoms with E-state index in [9.17, 15) is 13.5 Å². The summed E-state index contributed by atoms with van der Waals surface area (Å²) in [5.74, 6) is 7.25. The van der Waals surface area contributed by atoms with E-state index in [4.69, 9.17) is 4.74 Å². The van der Waals surface area contributed by atoms with Gasteiger partial charge in [0.25, 0.3) is 0 Å². The molecule has 1 aromatic rings. The highest BCUT2D eigenvalue weighted by Gasteiger charge is 2.37. The number of aliphatic hydroxyl groups excluding tert-OH is 1. The van der Waals surface area contributed by atoms with Gasteiger partial charge in [0.1, 0.15) is 16.7 Å². The van der Waals surface area contributed by atoms with Gasteiger partial charge in [-0.15, -0.1) is 0 Å². The second-order valence-corrected chi connectivity index (χ2v) is 10.1. The van der Waals surface area contributed by atoms with Crippen molar-refractivity contribution >= 4 is 10.0 Å². The predicted molar refractivity (Wildman–Crippen MR) is 113 cm³/mol. The SMILES string of the molecule is CNC[C@@H]1Oc2cc(C#CC3CCCC3)ccc2S(=O)(=O)N([C@@H](C)CO)C[C@H]1C. The van der Waals surface area contributed by atoms with Crippen LogP contribution in [-0.4, -0.2) is 56.7 Å². The van der Waals surface area contributed by atoms with Crippen LogP contribution in [0, 0.1) is 23.7 Å². The number of rotatable bonds is 4. The summed E-state index contributed by atoms with van der Waals surface area (Å²) >= 11 is 0. The van der Waals surface area contributed by atoms with Crippen LogP contribution in [0.5, 0.6) is 5.75 Å². The van der Waals surface area contributed by atoms with E-state index in [-0.39, 0.29) is 23.5 Å². The number of nitrogens with one attached hydrogen (secondary N) is 1. The zero-order valence-corrected chi connectivity index (χ0v) is 18.3. The van der Waals surface area contributed by atoms with Crippen LogP contribution in [0.15, 0.2) is 23.1 Å². The zero-order valence-electron chi connectivity index (χ0n) is 17.5. The van der Waals surface area contributed by atoms with E-state index < -0.39 is 16.1 Å². The maximum atomic E-state index is 13.3. The van der Waals surface area contributed by atoms with E-state index in [1.54, 1.807) is 25.1 Å². The average Bonchev–Trinajstić information content (AvgIpc) is 3.22. The Morgan fingerprint density at radius 1 is 1.34 bits per heavy atom. The fourth-order valence-electron chi connectivity index (χ4n) is 4.00. The van der Waals surface area contributed by atoms with E-state index >= 15 is 0 Å². The molecule has 1 fully saturated rings. The number of benzene rings is 1. The average molecular weight is 421 g/mol. The van der Waals surface area contributed by atoms with E-state index in [2.05, 4.69) is 17.2 Å². The molecule has 0 spiro atoms. The van der Waals surface area contributed by atoms with Crippen molar-refractivity contribution in [1.29, 1.82) is 0 Å². The highest BCUT2D eigenvalue weighted by molar-refractivity contribution is 7.89. The van der Waals surface area contributed by atoms with Crippen molar-refractivity contribution in [2.45, 2.75) is 56.6 Å². The summed E-state index contributed by atoms with van der Waals surface area (Å²) in [5.41, 5.74) is 0.768. The summed E-state index contributed by atoms with van der Waals surface area (Å²) in [7, 11) is -1.94. The van der Waals surface area contributed by atoms with Gasteiger partial charge in [-0.25, -0.2) is 8.42 Å². The normalized spacial score (nSPS) is 25.8. The minimum atomic E-state index is -3.79. The topological polar surface area (TPSA) is 78.9 Å². The monoisotopic (exact) mass is 420 g/mol. The summed E-state index contributed by atoms with van der Waals surface area (Å²) in [6.45, 7) is 4.35. The third-order valence-electron chi connectivity index (χ3n) is 5.85. The molecule has 29 heavy (non-hydrogen) atoms. The Morgan fingerprint density at radius 2 is 2.07 bits per heavy atom. The highest BCUT2D eigenvalue weighted by atomic mass is 32.2. The lowest BCUT2D eigenvalue weighted by Gasteiger charge is -2.36. The number of aliphatic hydroxyl groups is 1. The minimum Gasteiger partial charge on any atom is -0.487 e. The highest BCUT2D eigenvalue weighted by Crippen LogP contribution is 2.34. The van der Waals surface area contributed by atoms with Gasteiger partial charge < -0.3 is 15.2 Å². The summed E-state index contributed by atoms with van der Waals surface area (Å²) in [6, 6.07) is 4.58. The Labute approximate surface area is 174 Å². The van der Waals surface area contributed by atoms with Gasteiger partial charge in [-0.2, -0.15) is 4.31 Å². The molecule has 3 atom stereocenters. The third-order valence-corrected chi connectivity index (χ3v) is 7.87. The molecule has 2 aliphatic rings. The first-order valence-electron chi connectivity index (χ1n) is 10.5. The van der Waals surface area contributed by atoms with Gasteiger partial charge in [0.05, 0.1) is 6.61 Å². The van der Waals surface area contributed by atoms with Crippen LogP contribution in [0.1, 0.15) is 45.1 Å². The first-order valence-corrected chi connectivity index (χ1v) is 11.9. The van der Waals surface area contributed by atoms with Crippen LogP contribution in [0.4, 0.5) is 0 Å². The number of hydrogen-bond acceptors (Lipinski definition) is 5. The van der Waals surface area contributed by atoms with Crippen LogP contribution < -0.4 is 10.1 Å². The molecule has 0 amide bonds. The Bertz CT molecular complexity index is 869. The molecule has 1 aliphatic carbocycles. The number of nitrogens with zero attached hydrogens (tertiary/aromatic N) is 1. The van der Waals surface area contributed by atoms with Crippen LogP contribution in [0.25, 0.3) is 0 Å². The van der Waals surface area contributed by atoms with E-state index in [1.165, 1.54) is 17.1 Å². The van der Waals surface area contributed by atoms with Crippen LogP contribution >= 0.6 is 0 Å².